The minimum Gasteiger partial charge on any atom is -0.480 e. The Morgan fingerprint density at radius 1 is 1.03 bits per heavy atom. The van der Waals surface area contributed by atoms with Crippen LogP contribution in [0.4, 0.5) is 0 Å². The molecule has 2 atom stereocenters. The molecule has 0 fully saturated rings. The van der Waals surface area contributed by atoms with E-state index < -0.39 is 42.3 Å². The van der Waals surface area contributed by atoms with E-state index in [-0.39, 0.29) is 19.4 Å². The monoisotopic (exact) mass is 455 g/mol. The van der Waals surface area contributed by atoms with Crippen molar-refractivity contribution in [2.45, 2.75) is 24.9 Å². The van der Waals surface area contributed by atoms with Crippen LogP contribution >= 0.6 is 0 Å². The van der Waals surface area contributed by atoms with Gasteiger partial charge in [-0.15, -0.1) is 0 Å². The van der Waals surface area contributed by atoms with E-state index in [9.17, 15) is 19.2 Å². The van der Waals surface area contributed by atoms with Crippen LogP contribution in [-0.2, 0) is 32.0 Å². The maximum atomic E-state index is 13.1. The molecule has 174 valence electrons. The Kier molecular flexibility index (Phi) is 7.76. The van der Waals surface area contributed by atoms with Gasteiger partial charge in [-0.1, -0.05) is 18.2 Å². The molecule has 0 aliphatic rings. The van der Waals surface area contributed by atoms with Gasteiger partial charge in [0.05, 0.1) is 12.9 Å². The third-order valence-corrected chi connectivity index (χ3v) is 4.96. The number of para-hydroxylation sites is 1. The summed E-state index contributed by atoms with van der Waals surface area (Å²) in [6.07, 6.45) is 4.87. The van der Waals surface area contributed by atoms with Gasteiger partial charge in [-0.05, 0) is 11.6 Å². The Morgan fingerprint density at radius 2 is 1.79 bits per heavy atom. The molecule has 0 unspecified atom stereocenters. The van der Waals surface area contributed by atoms with Crippen molar-refractivity contribution in [3.05, 3.63) is 54.2 Å². The molecule has 1 aromatic carbocycles. The Balaban J connectivity index is 1.81. The van der Waals surface area contributed by atoms with E-state index in [1.807, 2.05) is 24.3 Å². The number of aromatic amines is 2. The second-order valence-corrected chi connectivity index (χ2v) is 7.34. The highest BCUT2D eigenvalue weighted by atomic mass is 16.4. The van der Waals surface area contributed by atoms with Gasteiger partial charge in [-0.3, -0.25) is 19.2 Å². The van der Waals surface area contributed by atoms with Gasteiger partial charge in [0.25, 0.3) is 0 Å². The third-order valence-electron chi connectivity index (χ3n) is 4.96. The van der Waals surface area contributed by atoms with Gasteiger partial charge in [0.2, 0.25) is 17.7 Å². The van der Waals surface area contributed by atoms with Crippen molar-refractivity contribution in [3.8, 4) is 0 Å². The van der Waals surface area contributed by atoms with E-state index in [4.69, 9.17) is 10.8 Å². The lowest BCUT2D eigenvalue weighted by molar-refractivity contribution is -0.138. The molecule has 0 spiro atoms. The molecule has 0 aliphatic heterocycles. The summed E-state index contributed by atoms with van der Waals surface area (Å²) in [5.41, 5.74) is 7.58. The smallest absolute Gasteiger partial charge is 0.322 e. The van der Waals surface area contributed by atoms with Crippen molar-refractivity contribution in [1.82, 2.24) is 30.9 Å². The first kappa shape index (κ1) is 23.5. The van der Waals surface area contributed by atoms with Crippen LogP contribution in [0.5, 0.6) is 0 Å². The number of hydrogen-bond donors (Lipinski definition) is 7. The molecule has 2 aromatic heterocycles. The molecule has 0 bridgehead atoms. The van der Waals surface area contributed by atoms with E-state index in [1.54, 1.807) is 6.20 Å². The highest BCUT2D eigenvalue weighted by Crippen LogP contribution is 2.19. The summed E-state index contributed by atoms with van der Waals surface area (Å²) in [5.74, 6) is -3.05. The summed E-state index contributed by atoms with van der Waals surface area (Å²) >= 11 is 0. The van der Waals surface area contributed by atoms with Crippen molar-refractivity contribution < 1.29 is 24.3 Å². The number of carboxylic acid groups (broad SMARTS) is 1. The minimum atomic E-state index is -1.21. The average molecular weight is 455 g/mol. The van der Waals surface area contributed by atoms with Crippen LogP contribution in [0.3, 0.4) is 0 Å². The summed E-state index contributed by atoms with van der Waals surface area (Å²) < 4.78 is 0. The number of hydrogen-bond acceptors (Lipinski definition) is 6. The standard InChI is InChI=1S/C21H25N7O5/c22-7-18(29)27-17(6-13-9-23-11-26-13)21(33)28-16(20(32)25-10-19(30)31)5-12-8-24-15-4-2-1-3-14(12)15/h1-4,8-9,11,16-17,24H,5-7,10,22H2,(H,23,26)(H,25,32)(H,27,29)(H,28,33)(H,30,31)/t16-,17-/m0/s1. The zero-order valence-electron chi connectivity index (χ0n) is 17.6. The first-order valence-corrected chi connectivity index (χ1v) is 10.2. The summed E-state index contributed by atoms with van der Waals surface area (Å²) in [4.78, 5) is 58.4. The normalized spacial score (nSPS) is 12.6. The first-order chi connectivity index (χ1) is 15.9. The number of amides is 3. The number of H-pyrrole nitrogens is 2. The van der Waals surface area contributed by atoms with E-state index >= 15 is 0 Å². The second-order valence-electron chi connectivity index (χ2n) is 7.34. The van der Waals surface area contributed by atoms with Gasteiger partial charge in [0, 0.05) is 41.8 Å². The van der Waals surface area contributed by atoms with Gasteiger partial charge in [-0.2, -0.15) is 0 Å². The number of nitrogens with zero attached hydrogens (tertiary/aromatic N) is 1. The zero-order chi connectivity index (χ0) is 23.8. The van der Waals surface area contributed by atoms with Gasteiger partial charge in [0.1, 0.15) is 18.6 Å². The number of aliphatic carboxylic acids is 1. The average Bonchev–Trinajstić information content (AvgIpc) is 3.46. The molecular weight excluding hydrogens is 430 g/mol. The lowest BCUT2D eigenvalue weighted by Gasteiger charge is -2.22. The Morgan fingerprint density at radius 3 is 2.48 bits per heavy atom. The molecular formula is C21H25N7O5. The van der Waals surface area contributed by atoms with Crippen molar-refractivity contribution in [1.29, 1.82) is 0 Å². The van der Waals surface area contributed by atoms with Crippen molar-refractivity contribution in [2.75, 3.05) is 13.1 Å². The molecule has 12 nitrogen and oxygen atoms in total. The quantitative estimate of drug-likeness (QED) is 0.189. The predicted molar refractivity (Wildman–Crippen MR) is 118 cm³/mol. The van der Waals surface area contributed by atoms with E-state index in [2.05, 4.69) is 30.9 Å². The number of fused-ring (bicyclic) bond motifs is 1. The summed E-state index contributed by atoms with van der Waals surface area (Å²) in [6.45, 7) is -0.912. The molecule has 0 aliphatic carbocycles. The highest BCUT2D eigenvalue weighted by molar-refractivity contribution is 5.94. The fourth-order valence-corrected chi connectivity index (χ4v) is 3.37. The molecule has 33 heavy (non-hydrogen) atoms. The first-order valence-electron chi connectivity index (χ1n) is 10.2. The molecule has 0 saturated heterocycles. The highest BCUT2D eigenvalue weighted by Gasteiger charge is 2.28. The maximum Gasteiger partial charge on any atom is 0.322 e. The fraction of sp³-hybridized carbons (Fsp3) is 0.286. The van der Waals surface area contributed by atoms with E-state index in [0.717, 1.165) is 16.5 Å². The second kappa shape index (κ2) is 10.9. The lowest BCUT2D eigenvalue weighted by atomic mass is 10.0. The van der Waals surface area contributed by atoms with Crippen LogP contribution in [0.2, 0.25) is 0 Å². The largest absolute Gasteiger partial charge is 0.480 e. The van der Waals surface area contributed by atoms with Crippen molar-refractivity contribution in [2.24, 2.45) is 5.73 Å². The molecule has 2 heterocycles. The Labute approximate surface area is 188 Å². The number of nitrogens with two attached hydrogens (primary N) is 1. The summed E-state index contributed by atoms with van der Waals surface area (Å²) in [5, 5.41) is 17.2. The number of carbonyl (C=O) groups is 4. The third kappa shape index (κ3) is 6.40. The van der Waals surface area contributed by atoms with Crippen LogP contribution in [0, 0.1) is 0 Å². The number of carbonyl (C=O) groups excluding carboxylic acids is 3. The van der Waals surface area contributed by atoms with Gasteiger partial charge in [0.15, 0.2) is 0 Å². The summed E-state index contributed by atoms with van der Waals surface area (Å²) in [6, 6.07) is 5.34. The molecule has 3 aromatic rings. The van der Waals surface area contributed by atoms with Crippen molar-refractivity contribution in [3.63, 3.8) is 0 Å². The zero-order valence-corrected chi connectivity index (χ0v) is 17.6. The summed E-state index contributed by atoms with van der Waals surface area (Å²) in [7, 11) is 0. The van der Waals surface area contributed by atoms with Gasteiger partial charge >= 0.3 is 5.97 Å². The van der Waals surface area contributed by atoms with E-state index in [0.29, 0.717) is 5.69 Å². The number of benzene rings is 1. The van der Waals surface area contributed by atoms with Crippen LogP contribution < -0.4 is 21.7 Å². The van der Waals surface area contributed by atoms with Crippen LogP contribution in [-0.4, -0.2) is 68.9 Å². The SMILES string of the molecule is NCC(=O)N[C@@H](Cc1cnc[nH]1)C(=O)N[C@@H](Cc1c[nH]c2ccccc12)C(=O)NCC(=O)O. The van der Waals surface area contributed by atoms with Crippen LogP contribution in [0.15, 0.2) is 43.0 Å². The molecule has 3 rings (SSSR count). The Hall–Kier alpha value is -4.19. The molecule has 12 heteroatoms. The van der Waals surface area contributed by atoms with Crippen LogP contribution in [0.1, 0.15) is 11.3 Å². The van der Waals surface area contributed by atoms with E-state index in [1.165, 1.54) is 12.5 Å². The molecule has 0 saturated carbocycles. The van der Waals surface area contributed by atoms with Crippen molar-refractivity contribution >= 4 is 34.6 Å². The number of carboxylic acids is 1. The number of imidazole rings is 1. The topological polar surface area (TPSA) is 195 Å². The fourth-order valence-electron chi connectivity index (χ4n) is 3.37. The minimum absolute atomic E-state index is 0.0914. The molecule has 8 N–H and O–H groups in total. The van der Waals surface area contributed by atoms with Crippen LogP contribution in [0.25, 0.3) is 10.9 Å². The predicted octanol–water partition coefficient (Wildman–Crippen LogP) is -1.19. The van der Waals surface area contributed by atoms with Gasteiger partial charge < -0.3 is 36.8 Å². The maximum absolute atomic E-state index is 13.1. The Bertz CT molecular complexity index is 1130. The number of aromatic nitrogens is 3. The number of rotatable bonds is 11. The molecule has 3 amide bonds. The number of nitrogens with one attached hydrogen (secondary N) is 5. The van der Waals surface area contributed by atoms with Gasteiger partial charge in [-0.25, -0.2) is 4.98 Å². The molecule has 0 radical (unpaired) electrons. The lowest BCUT2D eigenvalue weighted by Crippen LogP contribution is -2.56.